The summed E-state index contributed by atoms with van der Waals surface area (Å²) in [6.45, 7) is 0.798. The molecule has 3 rings (SSSR count). The smallest absolute Gasteiger partial charge is 0.123 e. The first-order valence-electron chi connectivity index (χ1n) is 7.06. The highest BCUT2D eigenvalue weighted by Gasteiger charge is 2.19. The van der Waals surface area contributed by atoms with Crippen molar-refractivity contribution in [3.8, 4) is 0 Å². The molecule has 1 aliphatic carbocycles. The zero-order chi connectivity index (χ0) is 13.2. The summed E-state index contributed by atoms with van der Waals surface area (Å²) in [7, 11) is 2.07. The van der Waals surface area contributed by atoms with Crippen molar-refractivity contribution >= 4 is 11.0 Å². The molecule has 1 aliphatic rings. The van der Waals surface area contributed by atoms with Crippen LogP contribution in [0.3, 0.4) is 0 Å². The second-order valence-electron chi connectivity index (χ2n) is 5.46. The van der Waals surface area contributed by atoms with Crippen LogP contribution in [0.5, 0.6) is 0 Å². The maximum absolute atomic E-state index is 9.51. The fourth-order valence-corrected chi connectivity index (χ4v) is 2.87. The monoisotopic (exact) mass is 259 g/mol. The van der Waals surface area contributed by atoms with Crippen molar-refractivity contribution in [3.05, 3.63) is 30.1 Å². The largest absolute Gasteiger partial charge is 0.393 e. The van der Waals surface area contributed by atoms with Crippen molar-refractivity contribution in [2.45, 2.75) is 44.4 Å². The number of hydrogen-bond acceptors (Lipinski definition) is 3. The lowest BCUT2D eigenvalue weighted by molar-refractivity contribution is 0.116. The Kier molecular flexibility index (Phi) is 3.53. The number of hydrogen-bond donors (Lipinski definition) is 2. The fraction of sp³-hybridized carbons (Fsp3) is 0.533. The van der Waals surface area contributed by atoms with Gasteiger partial charge < -0.3 is 15.0 Å². The summed E-state index contributed by atoms with van der Waals surface area (Å²) in [5, 5.41) is 13.1. The quantitative estimate of drug-likeness (QED) is 0.886. The van der Waals surface area contributed by atoms with E-state index in [4.69, 9.17) is 0 Å². The maximum Gasteiger partial charge on any atom is 0.123 e. The summed E-state index contributed by atoms with van der Waals surface area (Å²) in [4.78, 5) is 4.66. The molecule has 1 fully saturated rings. The minimum atomic E-state index is -0.0891. The van der Waals surface area contributed by atoms with Crippen molar-refractivity contribution in [1.82, 2.24) is 14.9 Å². The lowest BCUT2D eigenvalue weighted by Crippen LogP contribution is -2.34. The average Bonchev–Trinajstić information content (AvgIpc) is 2.76. The molecule has 1 saturated carbocycles. The van der Waals surface area contributed by atoms with E-state index in [1.165, 1.54) is 5.52 Å². The van der Waals surface area contributed by atoms with Crippen LogP contribution in [0, 0.1) is 0 Å². The first-order chi connectivity index (χ1) is 9.24. The van der Waals surface area contributed by atoms with Gasteiger partial charge in [-0.05, 0) is 37.8 Å². The van der Waals surface area contributed by atoms with Crippen LogP contribution in [0.4, 0.5) is 0 Å². The van der Waals surface area contributed by atoms with Gasteiger partial charge in [0.2, 0.25) is 0 Å². The van der Waals surface area contributed by atoms with E-state index in [1.54, 1.807) is 0 Å². The van der Waals surface area contributed by atoms with Crippen molar-refractivity contribution < 1.29 is 5.11 Å². The summed E-state index contributed by atoms with van der Waals surface area (Å²) in [6.07, 6.45) is 3.87. The molecule has 4 nitrogen and oxygen atoms in total. The molecule has 2 N–H and O–H groups in total. The number of benzene rings is 1. The molecule has 0 saturated heterocycles. The standard InChI is InChI=1S/C15H21N3O/c1-18-14-5-3-2-4-13(14)17-15(18)10-16-11-6-8-12(19)9-7-11/h2-5,11-12,16,19H,6-10H2,1H3. The zero-order valence-electron chi connectivity index (χ0n) is 11.3. The van der Waals surface area contributed by atoms with E-state index < -0.39 is 0 Å². The van der Waals surface area contributed by atoms with E-state index in [0.29, 0.717) is 6.04 Å². The maximum atomic E-state index is 9.51. The summed E-state index contributed by atoms with van der Waals surface area (Å²) in [5.41, 5.74) is 2.24. The Morgan fingerprint density at radius 3 is 2.74 bits per heavy atom. The van der Waals surface area contributed by atoms with E-state index in [9.17, 15) is 5.11 Å². The summed E-state index contributed by atoms with van der Waals surface area (Å²) >= 11 is 0. The number of rotatable bonds is 3. The second-order valence-corrected chi connectivity index (χ2v) is 5.46. The molecule has 19 heavy (non-hydrogen) atoms. The molecule has 1 heterocycles. The average molecular weight is 259 g/mol. The molecule has 0 aliphatic heterocycles. The highest BCUT2D eigenvalue weighted by molar-refractivity contribution is 5.75. The first kappa shape index (κ1) is 12.6. The lowest BCUT2D eigenvalue weighted by atomic mass is 9.93. The van der Waals surface area contributed by atoms with Gasteiger partial charge in [-0.15, -0.1) is 0 Å². The first-order valence-corrected chi connectivity index (χ1v) is 7.06. The van der Waals surface area contributed by atoms with Crippen LogP contribution in [-0.2, 0) is 13.6 Å². The second kappa shape index (κ2) is 5.31. The van der Waals surface area contributed by atoms with Crippen LogP contribution in [0.25, 0.3) is 11.0 Å². The Balaban J connectivity index is 1.67. The molecule has 2 aromatic rings. The van der Waals surface area contributed by atoms with Crippen molar-refractivity contribution in [2.24, 2.45) is 7.05 Å². The van der Waals surface area contributed by atoms with Crippen LogP contribution in [-0.4, -0.2) is 26.8 Å². The van der Waals surface area contributed by atoms with E-state index in [-0.39, 0.29) is 6.10 Å². The van der Waals surface area contributed by atoms with Crippen LogP contribution in [0.1, 0.15) is 31.5 Å². The number of aryl methyl sites for hydroxylation is 1. The Labute approximate surface area is 113 Å². The van der Waals surface area contributed by atoms with Crippen LogP contribution >= 0.6 is 0 Å². The minimum absolute atomic E-state index is 0.0891. The molecular formula is C15H21N3O. The van der Waals surface area contributed by atoms with Gasteiger partial charge in [0.15, 0.2) is 0 Å². The van der Waals surface area contributed by atoms with E-state index in [2.05, 4.69) is 34.0 Å². The van der Waals surface area contributed by atoms with Gasteiger partial charge in [-0.2, -0.15) is 0 Å². The van der Waals surface area contributed by atoms with Gasteiger partial charge >= 0.3 is 0 Å². The third-order valence-electron chi connectivity index (χ3n) is 4.13. The predicted molar refractivity (Wildman–Crippen MR) is 75.8 cm³/mol. The molecule has 1 aromatic heterocycles. The van der Waals surface area contributed by atoms with E-state index >= 15 is 0 Å². The van der Waals surface area contributed by atoms with Crippen LogP contribution in [0.15, 0.2) is 24.3 Å². The predicted octanol–water partition coefficient (Wildman–Crippen LogP) is 1.97. The van der Waals surface area contributed by atoms with Gasteiger partial charge in [0.25, 0.3) is 0 Å². The number of nitrogens with zero attached hydrogens (tertiary/aromatic N) is 2. The van der Waals surface area contributed by atoms with Crippen molar-refractivity contribution in [1.29, 1.82) is 0 Å². The Bertz CT molecular complexity index is 556. The number of fused-ring (bicyclic) bond motifs is 1. The number of nitrogens with one attached hydrogen (secondary N) is 1. The molecule has 0 radical (unpaired) electrons. The highest BCUT2D eigenvalue weighted by atomic mass is 16.3. The molecule has 0 spiro atoms. The van der Waals surface area contributed by atoms with Gasteiger partial charge in [0.1, 0.15) is 5.82 Å². The van der Waals surface area contributed by atoms with Crippen molar-refractivity contribution in [3.63, 3.8) is 0 Å². The summed E-state index contributed by atoms with van der Waals surface area (Å²) in [5.74, 6) is 1.08. The van der Waals surface area contributed by atoms with Gasteiger partial charge in [-0.25, -0.2) is 4.98 Å². The molecule has 0 amide bonds. The minimum Gasteiger partial charge on any atom is -0.393 e. The summed E-state index contributed by atoms with van der Waals surface area (Å²) < 4.78 is 2.15. The third kappa shape index (κ3) is 2.65. The highest BCUT2D eigenvalue weighted by Crippen LogP contribution is 2.19. The van der Waals surface area contributed by atoms with Crippen molar-refractivity contribution in [2.75, 3.05) is 0 Å². The number of imidazole rings is 1. The number of aliphatic hydroxyl groups is 1. The van der Waals surface area contributed by atoms with Crippen LogP contribution in [0.2, 0.25) is 0 Å². The Morgan fingerprint density at radius 2 is 2.00 bits per heavy atom. The molecule has 0 bridgehead atoms. The molecule has 0 unspecified atom stereocenters. The Hall–Kier alpha value is -1.39. The van der Waals surface area contributed by atoms with Gasteiger partial charge in [-0.1, -0.05) is 12.1 Å². The third-order valence-corrected chi connectivity index (χ3v) is 4.13. The van der Waals surface area contributed by atoms with E-state index in [1.807, 2.05) is 12.1 Å². The SMILES string of the molecule is Cn1c(CNC2CCC(O)CC2)nc2ccccc21. The lowest BCUT2D eigenvalue weighted by Gasteiger charge is -2.26. The van der Waals surface area contributed by atoms with Gasteiger partial charge in [0, 0.05) is 13.1 Å². The number of para-hydroxylation sites is 2. The summed E-state index contributed by atoms with van der Waals surface area (Å²) in [6, 6.07) is 8.74. The zero-order valence-corrected chi connectivity index (χ0v) is 11.3. The fourth-order valence-electron chi connectivity index (χ4n) is 2.87. The number of aromatic nitrogens is 2. The normalized spacial score (nSPS) is 23.9. The topological polar surface area (TPSA) is 50.1 Å². The van der Waals surface area contributed by atoms with E-state index in [0.717, 1.165) is 43.6 Å². The molecular weight excluding hydrogens is 238 g/mol. The van der Waals surface area contributed by atoms with Gasteiger partial charge in [0.05, 0.1) is 23.7 Å². The number of aliphatic hydroxyl groups excluding tert-OH is 1. The van der Waals surface area contributed by atoms with Gasteiger partial charge in [-0.3, -0.25) is 0 Å². The molecule has 0 atom stereocenters. The van der Waals surface area contributed by atoms with Crippen LogP contribution < -0.4 is 5.32 Å². The molecule has 102 valence electrons. The molecule has 1 aromatic carbocycles. The molecule has 4 heteroatoms. The Morgan fingerprint density at radius 1 is 1.26 bits per heavy atom.